The zero-order valence-corrected chi connectivity index (χ0v) is 8.43. The number of nitrogens with zero attached hydrogens (tertiary/aromatic N) is 2. The van der Waals surface area contributed by atoms with Gasteiger partial charge in [0.25, 0.3) is 0 Å². The second-order valence-electron chi connectivity index (χ2n) is 2.97. The van der Waals surface area contributed by atoms with Gasteiger partial charge in [0.15, 0.2) is 0 Å². The van der Waals surface area contributed by atoms with Gasteiger partial charge in [0, 0.05) is 7.05 Å². The van der Waals surface area contributed by atoms with Crippen molar-refractivity contribution in [2.45, 2.75) is 6.92 Å². The van der Waals surface area contributed by atoms with Crippen LogP contribution >= 0.6 is 12.4 Å². The number of benzene rings is 1. The largest absolute Gasteiger partial charge is 0.369 e. The lowest BCUT2D eigenvalue weighted by Gasteiger charge is -1.95. The molecular formula is C9H12ClN3. The van der Waals surface area contributed by atoms with E-state index in [2.05, 4.69) is 4.98 Å². The molecule has 70 valence electrons. The summed E-state index contributed by atoms with van der Waals surface area (Å²) < 4.78 is 1.89. The maximum Gasteiger partial charge on any atom is 0.200 e. The van der Waals surface area contributed by atoms with Gasteiger partial charge in [-0.05, 0) is 18.6 Å². The van der Waals surface area contributed by atoms with Gasteiger partial charge in [-0.2, -0.15) is 0 Å². The summed E-state index contributed by atoms with van der Waals surface area (Å²) in [5.41, 5.74) is 8.93. The molecule has 1 aromatic heterocycles. The number of imidazole rings is 1. The minimum absolute atomic E-state index is 0. The predicted octanol–water partition coefficient (Wildman–Crippen LogP) is 1.89. The Kier molecular flexibility index (Phi) is 2.48. The molecule has 4 heteroatoms. The van der Waals surface area contributed by atoms with Crippen molar-refractivity contribution in [2.24, 2.45) is 7.05 Å². The van der Waals surface area contributed by atoms with Crippen LogP contribution < -0.4 is 5.73 Å². The van der Waals surface area contributed by atoms with Crippen LogP contribution in [0.25, 0.3) is 11.0 Å². The maximum absolute atomic E-state index is 5.67. The second kappa shape index (κ2) is 3.26. The van der Waals surface area contributed by atoms with Gasteiger partial charge in [0.2, 0.25) is 5.95 Å². The molecule has 2 N–H and O–H groups in total. The number of anilines is 1. The van der Waals surface area contributed by atoms with Gasteiger partial charge in [-0.15, -0.1) is 12.4 Å². The number of aryl methyl sites for hydroxylation is 2. The van der Waals surface area contributed by atoms with E-state index >= 15 is 0 Å². The Morgan fingerprint density at radius 3 is 2.69 bits per heavy atom. The van der Waals surface area contributed by atoms with Gasteiger partial charge in [0.1, 0.15) is 0 Å². The molecule has 2 rings (SSSR count). The molecule has 2 aromatic rings. The Labute approximate surface area is 83.0 Å². The van der Waals surface area contributed by atoms with E-state index in [4.69, 9.17) is 5.73 Å². The van der Waals surface area contributed by atoms with Gasteiger partial charge in [-0.3, -0.25) is 0 Å². The van der Waals surface area contributed by atoms with Gasteiger partial charge in [0.05, 0.1) is 11.0 Å². The summed E-state index contributed by atoms with van der Waals surface area (Å²) in [6.07, 6.45) is 0. The molecule has 0 bridgehead atoms. The molecule has 3 nitrogen and oxygen atoms in total. The van der Waals surface area contributed by atoms with Crippen LogP contribution in [0.3, 0.4) is 0 Å². The number of halogens is 1. The molecule has 13 heavy (non-hydrogen) atoms. The lowest BCUT2D eigenvalue weighted by molar-refractivity contribution is 0.965. The highest BCUT2D eigenvalue weighted by Crippen LogP contribution is 2.18. The molecule has 0 saturated carbocycles. The Hall–Kier alpha value is -1.22. The molecule has 0 aliphatic carbocycles. The lowest BCUT2D eigenvalue weighted by atomic mass is 10.2. The van der Waals surface area contributed by atoms with E-state index in [1.54, 1.807) is 0 Å². The van der Waals surface area contributed by atoms with E-state index in [1.165, 1.54) is 5.56 Å². The molecule has 0 amide bonds. The molecule has 0 atom stereocenters. The molecular weight excluding hydrogens is 186 g/mol. The van der Waals surface area contributed by atoms with Crippen molar-refractivity contribution in [2.75, 3.05) is 5.73 Å². The standard InChI is InChI=1S/C9H11N3.ClH/c1-6-4-3-5-7-8(6)11-9(10)12(7)2;/h3-5H,1-2H3,(H2,10,11);1H. The van der Waals surface area contributed by atoms with Crippen molar-refractivity contribution in [1.82, 2.24) is 9.55 Å². The van der Waals surface area contributed by atoms with E-state index in [1.807, 2.05) is 36.7 Å². The van der Waals surface area contributed by atoms with E-state index in [-0.39, 0.29) is 12.4 Å². The average molecular weight is 198 g/mol. The Bertz CT molecular complexity index is 434. The number of hydrogen-bond donors (Lipinski definition) is 1. The summed E-state index contributed by atoms with van der Waals surface area (Å²) in [7, 11) is 1.92. The quantitative estimate of drug-likeness (QED) is 0.701. The van der Waals surface area contributed by atoms with E-state index in [0.29, 0.717) is 5.95 Å². The number of rotatable bonds is 0. The van der Waals surface area contributed by atoms with E-state index in [9.17, 15) is 0 Å². The molecule has 0 spiro atoms. The topological polar surface area (TPSA) is 43.8 Å². The average Bonchev–Trinajstić information content (AvgIpc) is 2.32. The van der Waals surface area contributed by atoms with E-state index < -0.39 is 0 Å². The minimum atomic E-state index is 0. The molecule has 0 aliphatic rings. The Morgan fingerprint density at radius 1 is 1.38 bits per heavy atom. The van der Waals surface area contributed by atoms with Crippen molar-refractivity contribution in [3.05, 3.63) is 23.8 Å². The molecule has 0 aliphatic heterocycles. The van der Waals surface area contributed by atoms with Crippen molar-refractivity contribution >= 4 is 29.4 Å². The fourth-order valence-electron chi connectivity index (χ4n) is 1.37. The molecule has 0 saturated heterocycles. The van der Waals surface area contributed by atoms with Crippen molar-refractivity contribution in [1.29, 1.82) is 0 Å². The molecule has 0 fully saturated rings. The monoisotopic (exact) mass is 197 g/mol. The minimum Gasteiger partial charge on any atom is -0.369 e. The van der Waals surface area contributed by atoms with Gasteiger partial charge >= 0.3 is 0 Å². The number of nitrogens with two attached hydrogens (primary N) is 1. The normalized spacial score (nSPS) is 10.0. The number of aromatic nitrogens is 2. The highest BCUT2D eigenvalue weighted by Gasteiger charge is 2.04. The van der Waals surface area contributed by atoms with Gasteiger partial charge in [-0.1, -0.05) is 12.1 Å². The van der Waals surface area contributed by atoms with Crippen LogP contribution in [0.15, 0.2) is 18.2 Å². The number of para-hydroxylation sites is 1. The van der Waals surface area contributed by atoms with Crippen LogP contribution in [0.2, 0.25) is 0 Å². The van der Waals surface area contributed by atoms with E-state index in [0.717, 1.165) is 11.0 Å². The fourth-order valence-corrected chi connectivity index (χ4v) is 1.37. The number of fused-ring (bicyclic) bond motifs is 1. The summed E-state index contributed by atoms with van der Waals surface area (Å²) in [6.45, 7) is 2.04. The third-order valence-electron chi connectivity index (χ3n) is 2.15. The lowest BCUT2D eigenvalue weighted by Crippen LogP contribution is -1.95. The third-order valence-corrected chi connectivity index (χ3v) is 2.15. The predicted molar refractivity (Wildman–Crippen MR) is 57.1 cm³/mol. The van der Waals surface area contributed by atoms with Crippen LogP contribution in [0.4, 0.5) is 5.95 Å². The van der Waals surface area contributed by atoms with Crippen molar-refractivity contribution in [3.63, 3.8) is 0 Å². The first-order chi connectivity index (χ1) is 5.70. The zero-order chi connectivity index (χ0) is 8.72. The molecule has 1 aromatic carbocycles. The van der Waals surface area contributed by atoms with Crippen LogP contribution in [0, 0.1) is 6.92 Å². The first kappa shape index (κ1) is 9.86. The number of nitrogen functional groups attached to an aromatic ring is 1. The van der Waals surface area contributed by atoms with Crippen molar-refractivity contribution < 1.29 is 0 Å². The first-order valence-electron chi connectivity index (χ1n) is 3.87. The van der Waals surface area contributed by atoms with Crippen LogP contribution in [0.1, 0.15) is 5.56 Å². The molecule has 0 radical (unpaired) electrons. The Balaban J connectivity index is 0.000000845. The summed E-state index contributed by atoms with van der Waals surface area (Å²) >= 11 is 0. The Morgan fingerprint density at radius 2 is 2.08 bits per heavy atom. The second-order valence-corrected chi connectivity index (χ2v) is 2.97. The third kappa shape index (κ3) is 1.35. The highest BCUT2D eigenvalue weighted by atomic mass is 35.5. The van der Waals surface area contributed by atoms with Crippen LogP contribution in [-0.4, -0.2) is 9.55 Å². The zero-order valence-electron chi connectivity index (χ0n) is 7.61. The van der Waals surface area contributed by atoms with Gasteiger partial charge < -0.3 is 10.3 Å². The maximum atomic E-state index is 5.67. The SMILES string of the molecule is Cc1cccc2c1nc(N)n2C.Cl. The number of hydrogen-bond acceptors (Lipinski definition) is 2. The van der Waals surface area contributed by atoms with Gasteiger partial charge in [-0.25, -0.2) is 4.98 Å². The van der Waals surface area contributed by atoms with Crippen LogP contribution in [-0.2, 0) is 7.05 Å². The smallest absolute Gasteiger partial charge is 0.200 e. The van der Waals surface area contributed by atoms with Crippen molar-refractivity contribution in [3.8, 4) is 0 Å². The summed E-state index contributed by atoms with van der Waals surface area (Å²) in [5.74, 6) is 0.569. The fraction of sp³-hybridized carbons (Fsp3) is 0.222. The summed E-state index contributed by atoms with van der Waals surface area (Å²) in [6, 6.07) is 6.07. The molecule has 0 unspecified atom stereocenters. The summed E-state index contributed by atoms with van der Waals surface area (Å²) in [4.78, 5) is 4.25. The first-order valence-corrected chi connectivity index (χ1v) is 3.87. The summed E-state index contributed by atoms with van der Waals surface area (Å²) in [5, 5.41) is 0. The highest BCUT2D eigenvalue weighted by molar-refractivity contribution is 5.85. The van der Waals surface area contributed by atoms with Crippen LogP contribution in [0.5, 0.6) is 0 Å². The molecule has 1 heterocycles.